The fourth-order valence-electron chi connectivity index (χ4n) is 0.406. The molecule has 0 amide bonds. The Kier molecular flexibility index (Phi) is 4.06. The highest BCUT2D eigenvalue weighted by atomic mass is 32.2. The molecule has 0 aliphatic carbocycles. The molecule has 11 heavy (non-hydrogen) atoms. The van der Waals surface area contributed by atoms with E-state index in [1.54, 1.807) is 0 Å². The predicted molar refractivity (Wildman–Crippen MR) is 37.4 cm³/mol. The van der Waals surface area contributed by atoms with Crippen molar-refractivity contribution in [1.82, 2.24) is 0 Å². The number of ether oxygens (including phenoxy) is 1. The van der Waals surface area contributed by atoms with Gasteiger partial charge in [0.05, 0.1) is 6.61 Å². The third-order valence-corrected chi connectivity index (χ3v) is 1.94. The van der Waals surface area contributed by atoms with Crippen LogP contribution in [-0.2, 0) is 23.8 Å². The number of carbonyl (C=O) groups is 1. The zero-order valence-electron chi connectivity index (χ0n) is 6.36. The summed E-state index contributed by atoms with van der Waals surface area (Å²) < 4.78 is 29.8. The van der Waals surface area contributed by atoms with Crippen LogP contribution in [-0.4, -0.2) is 33.9 Å². The van der Waals surface area contributed by atoms with Crippen LogP contribution >= 0.6 is 0 Å². The summed E-state index contributed by atoms with van der Waals surface area (Å²) in [6.07, 6.45) is 0. The molecule has 5 nitrogen and oxygen atoms in total. The number of hydrogen-bond acceptors (Lipinski definition) is 5. The molecule has 0 rings (SSSR count). The summed E-state index contributed by atoms with van der Waals surface area (Å²) in [5.74, 6) is -1.13. The van der Waals surface area contributed by atoms with Gasteiger partial charge in [0, 0.05) is 14.0 Å². The largest absolute Gasteiger partial charge is 0.383 e. The van der Waals surface area contributed by atoms with Gasteiger partial charge in [-0.05, 0) is 0 Å². The van der Waals surface area contributed by atoms with E-state index in [1.165, 1.54) is 7.11 Å². The molecule has 0 atom stereocenters. The normalized spacial score (nSPS) is 11.1. The van der Waals surface area contributed by atoms with Crippen molar-refractivity contribution in [3.05, 3.63) is 0 Å². The van der Waals surface area contributed by atoms with E-state index in [0.717, 1.165) is 6.92 Å². The lowest BCUT2D eigenvalue weighted by Gasteiger charge is -2.00. The first-order chi connectivity index (χ1) is 4.98. The van der Waals surface area contributed by atoms with Crippen molar-refractivity contribution in [2.45, 2.75) is 6.92 Å². The van der Waals surface area contributed by atoms with Crippen LogP contribution < -0.4 is 0 Å². The Balaban J connectivity index is 3.92. The second kappa shape index (κ2) is 4.30. The molecule has 0 saturated heterocycles. The Morgan fingerprint density at radius 3 is 2.36 bits per heavy atom. The maximum absolute atomic E-state index is 10.7. The average Bonchev–Trinajstić information content (AvgIpc) is 1.81. The maximum Gasteiger partial charge on any atom is 0.319 e. The highest BCUT2D eigenvalue weighted by Crippen LogP contribution is 1.93. The first-order valence-electron chi connectivity index (χ1n) is 2.89. The van der Waals surface area contributed by atoms with Gasteiger partial charge in [-0.1, -0.05) is 0 Å². The zero-order chi connectivity index (χ0) is 8.91. The Morgan fingerprint density at radius 2 is 2.00 bits per heavy atom. The van der Waals surface area contributed by atoms with Gasteiger partial charge in [-0.2, -0.15) is 8.42 Å². The lowest BCUT2D eigenvalue weighted by atomic mass is 10.9. The average molecular weight is 182 g/mol. The third kappa shape index (κ3) is 5.81. The molecule has 0 heterocycles. The Bertz CT molecular complexity index is 217. The van der Waals surface area contributed by atoms with E-state index in [9.17, 15) is 13.2 Å². The molecule has 0 bridgehead atoms. The molecule has 0 aromatic heterocycles. The van der Waals surface area contributed by atoms with Crippen LogP contribution in [0.15, 0.2) is 0 Å². The molecule has 0 aliphatic rings. The van der Waals surface area contributed by atoms with E-state index in [1.807, 2.05) is 0 Å². The van der Waals surface area contributed by atoms with Crippen LogP contribution in [0.4, 0.5) is 0 Å². The molecule has 0 aromatic rings. The van der Waals surface area contributed by atoms with Gasteiger partial charge in [-0.15, -0.1) is 0 Å². The predicted octanol–water partition coefficient (Wildman–Crippen LogP) is -0.474. The molecule has 0 N–H and O–H groups in total. The quantitative estimate of drug-likeness (QED) is 0.549. The van der Waals surface area contributed by atoms with Crippen LogP contribution in [0.25, 0.3) is 0 Å². The van der Waals surface area contributed by atoms with Crippen molar-refractivity contribution >= 4 is 16.1 Å². The second-order valence-corrected chi connectivity index (χ2v) is 3.52. The first kappa shape index (κ1) is 10.4. The summed E-state index contributed by atoms with van der Waals surface area (Å²) in [5, 5.41) is 0. The van der Waals surface area contributed by atoms with Crippen molar-refractivity contribution in [3.63, 3.8) is 0 Å². The van der Waals surface area contributed by atoms with Crippen molar-refractivity contribution in [2.24, 2.45) is 0 Å². The number of methoxy groups -OCH3 is 1. The molecule has 66 valence electrons. The standard InChI is InChI=1S/C5H10O5S/c1-5(6)10-11(7,8)4-3-9-2/h3-4H2,1-2H3. The highest BCUT2D eigenvalue weighted by Gasteiger charge is 2.12. The van der Waals surface area contributed by atoms with Crippen LogP contribution in [0.3, 0.4) is 0 Å². The monoisotopic (exact) mass is 182 g/mol. The molecule has 6 heteroatoms. The van der Waals surface area contributed by atoms with Crippen LogP contribution in [0.2, 0.25) is 0 Å². The summed E-state index contributed by atoms with van der Waals surface area (Å²) in [6.45, 7) is 1.06. The number of carbonyl (C=O) groups excluding carboxylic acids is 1. The molecule has 0 saturated carbocycles. The maximum atomic E-state index is 10.7. The van der Waals surface area contributed by atoms with Crippen molar-refractivity contribution in [1.29, 1.82) is 0 Å². The molecule has 0 spiro atoms. The Morgan fingerprint density at radius 1 is 1.45 bits per heavy atom. The minimum Gasteiger partial charge on any atom is -0.383 e. The van der Waals surface area contributed by atoms with Gasteiger partial charge in [0.25, 0.3) is 0 Å². The van der Waals surface area contributed by atoms with Gasteiger partial charge < -0.3 is 8.92 Å². The minimum atomic E-state index is -3.72. The molecular formula is C5H10O5S. The third-order valence-electron chi connectivity index (χ3n) is 0.782. The molecule has 0 fully saturated rings. The Labute approximate surface area is 65.4 Å². The summed E-state index contributed by atoms with van der Waals surface area (Å²) in [5.41, 5.74) is 0. The van der Waals surface area contributed by atoms with Gasteiger partial charge in [0.1, 0.15) is 5.75 Å². The zero-order valence-corrected chi connectivity index (χ0v) is 7.18. The highest BCUT2D eigenvalue weighted by molar-refractivity contribution is 7.87. The minimum absolute atomic E-state index is 0.0234. The molecular weight excluding hydrogens is 172 g/mol. The van der Waals surface area contributed by atoms with Gasteiger partial charge in [0.2, 0.25) is 0 Å². The van der Waals surface area contributed by atoms with Gasteiger partial charge in [0.15, 0.2) is 0 Å². The van der Waals surface area contributed by atoms with Crippen LogP contribution in [0.5, 0.6) is 0 Å². The molecule has 0 unspecified atom stereocenters. The van der Waals surface area contributed by atoms with E-state index < -0.39 is 16.1 Å². The summed E-state index contributed by atoms with van der Waals surface area (Å²) >= 11 is 0. The van der Waals surface area contributed by atoms with Crippen LogP contribution in [0.1, 0.15) is 6.92 Å². The van der Waals surface area contributed by atoms with E-state index in [-0.39, 0.29) is 12.4 Å². The van der Waals surface area contributed by atoms with Gasteiger partial charge in [-0.3, -0.25) is 4.79 Å². The van der Waals surface area contributed by atoms with E-state index >= 15 is 0 Å². The smallest absolute Gasteiger partial charge is 0.319 e. The SMILES string of the molecule is COCCS(=O)(=O)OC(C)=O. The Hall–Kier alpha value is -0.620. The topological polar surface area (TPSA) is 69.7 Å². The summed E-state index contributed by atoms with van der Waals surface area (Å²) in [4.78, 5) is 10.2. The second-order valence-electron chi connectivity index (χ2n) is 1.83. The number of hydrogen-bond donors (Lipinski definition) is 0. The van der Waals surface area contributed by atoms with Crippen LogP contribution in [0, 0.1) is 0 Å². The fourth-order valence-corrected chi connectivity index (χ4v) is 1.22. The molecule has 0 aromatic carbocycles. The van der Waals surface area contributed by atoms with Crippen molar-refractivity contribution in [2.75, 3.05) is 19.5 Å². The summed E-state index contributed by atoms with van der Waals surface area (Å²) in [7, 11) is -2.35. The lowest BCUT2D eigenvalue weighted by Crippen LogP contribution is -2.16. The van der Waals surface area contributed by atoms with E-state index in [4.69, 9.17) is 0 Å². The van der Waals surface area contributed by atoms with E-state index in [0.29, 0.717) is 0 Å². The molecule has 0 radical (unpaired) electrons. The van der Waals surface area contributed by atoms with E-state index in [2.05, 4.69) is 8.92 Å². The number of rotatable bonds is 4. The van der Waals surface area contributed by atoms with Gasteiger partial charge >= 0.3 is 16.1 Å². The van der Waals surface area contributed by atoms with Gasteiger partial charge in [-0.25, -0.2) is 0 Å². The van der Waals surface area contributed by atoms with Crippen molar-refractivity contribution in [3.8, 4) is 0 Å². The van der Waals surface area contributed by atoms with Crippen molar-refractivity contribution < 1.29 is 22.1 Å². The fraction of sp³-hybridized carbons (Fsp3) is 0.800. The summed E-state index contributed by atoms with van der Waals surface area (Å²) in [6, 6.07) is 0. The molecule has 0 aliphatic heterocycles. The lowest BCUT2D eigenvalue weighted by molar-refractivity contribution is -0.131. The first-order valence-corrected chi connectivity index (χ1v) is 4.47.